The van der Waals surface area contributed by atoms with Crippen molar-refractivity contribution in [2.45, 2.75) is 24.6 Å². The van der Waals surface area contributed by atoms with Crippen LogP contribution in [0.4, 0.5) is 5.69 Å². The number of carbonyl (C=O) groups excluding carboxylic acids is 1. The Hall–Kier alpha value is -3.10. The molecule has 0 saturated carbocycles. The van der Waals surface area contributed by atoms with Gasteiger partial charge in [-0.15, -0.1) is 0 Å². The van der Waals surface area contributed by atoms with Crippen molar-refractivity contribution in [3.8, 4) is 11.5 Å². The van der Waals surface area contributed by atoms with E-state index in [1.165, 1.54) is 11.8 Å². The van der Waals surface area contributed by atoms with Gasteiger partial charge in [0.15, 0.2) is 15.0 Å². The number of sulfone groups is 1. The number of carbonyl (C=O) groups is 1. The van der Waals surface area contributed by atoms with E-state index in [0.29, 0.717) is 10.9 Å². The quantitative estimate of drug-likeness (QED) is 0.517. The fourth-order valence-corrected chi connectivity index (χ4v) is 8.12. The van der Waals surface area contributed by atoms with Crippen LogP contribution in [-0.2, 0) is 21.1 Å². The number of amides is 1. The first-order valence-corrected chi connectivity index (χ1v) is 13.7. The van der Waals surface area contributed by atoms with Gasteiger partial charge in [-0.25, -0.2) is 8.42 Å². The topological polar surface area (TPSA) is 76.0 Å². The molecular formula is C26H24N2O4S2. The number of ether oxygens (including phenoxy) is 1. The number of nitrogens with zero attached hydrogens (tertiary/aromatic N) is 2. The molecule has 3 aromatic rings. The summed E-state index contributed by atoms with van der Waals surface area (Å²) in [7, 11) is -3.13. The number of thioether (sulfide) groups is 1. The summed E-state index contributed by atoms with van der Waals surface area (Å²) >= 11 is 1.38. The second-order valence-electron chi connectivity index (χ2n) is 8.53. The molecule has 2 fully saturated rings. The molecule has 0 bridgehead atoms. The van der Waals surface area contributed by atoms with Gasteiger partial charge in [0.2, 0.25) is 0 Å². The monoisotopic (exact) mass is 492 g/mol. The van der Waals surface area contributed by atoms with Crippen molar-refractivity contribution in [2.75, 3.05) is 16.4 Å². The molecular weight excluding hydrogens is 468 g/mol. The van der Waals surface area contributed by atoms with Gasteiger partial charge in [-0.05, 0) is 48.9 Å². The normalized spacial score (nSPS) is 22.0. The molecule has 1 amide bonds. The Kier molecular flexibility index (Phi) is 6.18. The van der Waals surface area contributed by atoms with Crippen molar-refractivity contribution in [1.82, 2.24) is 0 Å². The summed E-state index contributed by atoms with van der Waals surface area (Å²) in [6.45, 7) is 2.00. The highest BCUT2D eigenvalue weighted by molar-refractivity contribution is 8.16. The number of aryl methyl sites for hydroxylation is 1. The van der Waals surface area contributed by atoms with E-state index in [4.69, 9.17) is 4.74 Å². The third-order valence-corrected chi connectivity index (χ3v) is 9.07. The van der Waals surface area contributed by atoms with Crippen LogP contribution in [0.25, 0.3) is 0 Å². The molecule has 5 rings (SSSR count). The average Bonchev–Trinajstić information content (AvgIpc) is 3.27. The van der Waals surface area contributed by atoms with Gasteiger partial charge < -0.3 is 9.64 Å². The lowest BCUT2D eigenvalue weighted by Crippen LogP contribution is -2.37. The van der Waals surface area contributed by atoms with E-state index in [0.717, 1.165) is 22.6 Å². The first-order valence-electron chi connectivity index (χ1n) is 11.0. The molecule has 2 saturated heterocycles. The molecule has 2 atom stereocenters. The number of fused-ring (bicyclic) bond motifs is 1. The first-order chi connectivity index (χ1) is 16.4. The molecule has 6 nitrogen and oxygen atoms in total. The van der Waals surface area contributed by atoms with E-state index in [-0.39, 0.29) is 35.1 Å². The smallest absolute Gasteiger partial charge is 0.252 e. The van der Waals surface area contributed by atoms with Gasteiger partial charge in [-0.3, -0.25) is 4.79 Å². The molecule has 174 valence electrons. The highest BCUT2D eigenvalue weighted by Crippen LogP contribution is 2.41. The van der Waals surface area contributed by atoms with Crippen LogP contribution in [0.2, 0.25) is 0 Å². The molecule has 0 radical (unpaired) electrons. The third kappa shape index (κ3) is 5.03. The SMILES string of the molecule is Cc1ccc(CC(=O)N=C2S[C@H]3CS(=O)(=O)C[C@H]3N2c2ccc(Oc3ccccc3)cc2)cc1. The van der Waals surface area contributed by atoms with Crippen LogP contribution in [0.3, 0.4) is 0 Å². The first kappa shape index (κ1) is 22.7. The number of amidine groups is 1. The van der Waals surface area contributed by atoms with Crippen LogP contribution in [0.1, 0.15) is 11.1 Å². The molecule has 2 heterocycles. The van der Waals surface area contributed by atoms with Gasteiger partial charge in [0.1, 0.15) is 11.5 Å². The summed E-state index contributed by atoms with van der Waals surface area (Å²) in [5, 5.41) is 0.412. The van der Waals surface area contributed by atoms with Crippen LogP contribution < -0.4 is 9.64 Å². The summed E-state index contributed by atoms with van der Waals surface area (Å²) in [6, 6.07) is 24.5. The Morgan fingerprint density at radius 1 is 0.971 bits per heavy atom. The second kappa shape index (κ2) is 9.27. The van der Waals surface area contributed by atoms with E-state index in [9.17, 15) is 13.2 Å². The molecule has 0 N–H and O–H groups in total. The van der Waals surface area contributed by atoms with Crippen molar-refractivity contribution < 1.29 is 17.9 Å². The van der Waals surface area contributed by atoms with Gasteiger partial charge in [-0.1, -0.05) is 59.8 Å². The Morgan fingerprint density at radius 3 is 2.35 bits per heavy atom. The summed E-state index contributed by atoms with van der Waals surface area (Å²) < 4.78 is 30.5. The number of benzene rings is 3. The fourth-order valence-electron chi connectivity index (χ4n) is 4.19. The van der Waals surface area contributed by atoms with Crippen molar-refractivity contribution in [3.63, 3.8) is 0 Å². The van der Waals surface area contributed by atoms with Crippen LogP contribution >= 0.6 is 11.8 Å². The Labute approximate surface area is 203 Å². The minimum absolute atomic E-state index is 0.0537. The zero-order valence-electron chi connectivity index (χ0n) is 18.6. The maximum absolute atomic E-state index is 12.8. The number of para-hydroxylation sites is 1. The molecule has 2 aliphatic heterocycles. The molecule has 34 heavy (non-hydrogen) atoms. The van der Waals surface area contributed by atoms with E-state index in [1.807, 2.05) is 90.7 Å². The molecule has 0 aromatic heterocycles. The molecule has 0 spiro atoms. The van der Waals surface area contributed by atoms with Gasteiger partial charge in [0.05, 0.1) is 24.0 Å². The number of hydrogen-bond donors (Lipinski definition) is 0. The summed E-state index contributed by atoms with van der Waals surface area (Å²) in [5.74, 6) is 1.31. The zero-order chi connectivity index (χ0) is 23.7. The lowest BCUT2D eigenvalue weighted by atomic mass is 10.1. The molecule has 8 heteroatoms. The fraction of sp³-hybridized carbons (Fsp3) is 0.231. The minimum Gasteiger partial charge on any atom is -0.457 e. The second-order valence-corrected chi connectivity index (χ2v) is 11.9. The van der Waals surface area contributed by atoms with E-state index in [2.05, 4.69) is 4.99 Å². The standard InChI is InChI=1S/C26H24N2O4S2/c1-18-7-9-19(10-8-18)15-25(29)27-26-28(23-16-34(30,31)17-24(23)33-26)20-11-13-22(14-12-20)32-21-5-3-2-4-6-21/h2-14,23-24H,15-17H2,1H3/t23-,24+/m1/s1. The number of hydrogen-bond acceptors (Lipinski definition) is 5. The Bertz CT molecular complexity index is 1320. The molecule has 0 aliphatic carbocycles. The van der Waals surface area contributed by atoms with Gasteiger partial charge >= 0.3 is 0 Å². The predicted octanol–water partition coefficient (Wildman–Crippen LogP) is 4.63. The predicted molar refractivity (Wildman–Crippen MR) is 137 cm³/mol. The highest BCUT2D eigenvalue weighted by Gasteiger charge is 2.49. The van der Waals surface area contributed by atoms with Gasteiger partial charge in [0.25, 0.3) is 5.91 Å². The maximum atomic E-state index is 12.8. The number of aliphatic imine (C=N–C) groups is 1. The van der Waals surface area contributed by atoms with Gasteiger partial charge in [-0.2, -0.15) is 4.99 Å². The van der Waals surface area contributed by atoms with Crippen LogP contribution in [0, 0.1) is 6.92 Å². The van der Waals surface area contributed by atoms with Crippen molar-refractivity contribution in [1.29, 1.82) is 0 Å². The van der Waals surface area contributed by atoms with Crippen molar-refractivity contribution >= 4 is 38.4 Å². The molecule has 2 aliphatic rings. The maximum Gasteiger partial charge on any atom is 0.252 e. The number of anilines is 1. The van der Waals surface area contributed by atoms with Crippen molar-refractivity contribution in [3.05, 3.63) is 90.0 Å². The summed E-state index contributed by atoms with van der Waals surface area (Å²) in [6.07, 6.45) is 0.204. The number of rotatable bonds is 5. The zero-order valence-corrected chi connectivity index (χ0v) is 20.3. The van der Waals surface area contributed by atoms with Crippen LogP contribution in [-0.4, -0.2) is 42.3 Å². The van der Waals surface area contributed by atoms with Gasteiger partial charge in [0, 0.05) is 10.9 Å². The summed E-state index contributed by atoms with van der Waals surface area (Å²) in [5.41, 5.74) is 2.83. The van der Waals surface area contributed by atoms with Crippen molar-refractivity contribution in [2.24, 2.45) is 4.99 Å². The molecule has 0 unspecified atom stereocenters. The van der Waals surface area contributed by atoms with Crippen LogP contribution in [0.15, 0.2) is 83.9 Å². The van der Waals surface area contributed by atoms with Crippen LogP contribution in [0.5, 0.6) is 11.5 Å². The largest absolute Gasteiger partial charge is 0.457 e. The lowest BCUT2D eigenvalue weighted by Gasteiger charge is -2.24. The third-order valence-electron chi connectivity index (χ3n) is 5.86. The minimum atomic E-state index is -3.13. The van der Waals surface area contributed by atoms with E-state index in [1.54, 1.807) is 0 Å². The average molecular weight is 493 g/mol. The highest BCUT2D eigenvalue weighted by atomic mass is 32.2. The lowest BCUT2D eigenvalue weighted by molar-refractivity contribution is -0.117. The molecule has 3 aromatic carbocycles. The summed E-state index contributed by atoms with van der Waals surface area (Å²) in [4.78, 5) is 19.1. The van der Waals surface area contributed by atoms with E-state index < -0.39 is 9.84 Å². The Morgan fingerprint density at radius 2 is 1.65 bits per heavy atom. The Balaban J connectivity index is 1.40. The van der Waals surface area contributed by atoms with E-state index >= 15 is 0 Å².